The zero-order valence-corrected chi connectivity index (χ0v) is 26.9. The lowest BCUT2D eigenvalue weighted by Crippen LogP contribution is -2.24. The molecular weight excluding hydrogens is 623 g/mol. The maximum atomic E-state index is 14.3. The first-order chi connectivity index (χ1) is 22.9. The van der Waals surface area contributed by atoms with E-state index in [0.29, 0.717) is 45.1 Å². The van der Waals surface area contributed by atoms with Gasteiger partial charge in [-0.1, -0.05) is 24.3 Å². The Morgan fingerprint density at radius 2 is 1.79 bits per heavy atom. The fraction of sp³-hybridized carbons (Fsp3) is 0.324. The van der Waals surface area contributed by atoms with Gasteiger partial charge >= 0.3 is 6.18 Å². The number of imidazole rings is 1. The van der Waals surface area contributed by atoms with Crippen molar-refractivity contribution in [1.82, 2.24) is 43.8 Å². The molecule has 7 rings (SSSR count). The Morgan fingerprint density at radius 1 is 1.04 bits per heavy atom. The molecule has 246 valence electrons. The summed E-state index contributed by atoms with van der Waals surface area (Å²) in [4.78, 5) is 36.7. The highest BCUT2D eigenvalue weighted by Crippen LogP contribution is 2.45. The molecule has 0 amide bonds. The van der Waals surface area contributed by atoms with Gasteiger partial charge in [0, 0.05) is 42.4 Å². The highest BCUT2D eigenvalue weighted by Gasteiger charge is 2.35. The van der Waals surface area contributed by atoms with E-state index in [1.165, 1.54) is 18.0 Å². The number of benzene rings is 1. The number of methoxy groups -OCH3 is 1. The standard InChI is InChI=1S/C34H32F3N9O2/c1-18(2)45-16-25(34(35,36)37)42-30(45)22-8-6-20(7-9-22)15-46-31-23(12-24(33(46)47)28-19(3)13-41-44(28)4)14-38-29(43-31)26-27(21-10-11-21)39-17-40-32(26)48-5/h6-9,12-14,16-18,21H,10-11,15H2,1-5H3. The fourth-order valence-electron chi connectivity index (χ4n) is 6.02. The molecule has 5 heterocycles. The Labute approximate surface area is 273 Å². The van der Waals surface area contributed by atoms with Crippen molar-refractivity contribution in [2.24, 2.45) is 7.05 Å². The third kappa shape index (κ3) is 5.50. The molecule has 0 unspecified atom stereocenters. The van der Waals surface area contributed by atoms with Crippen LogP contribution in [0.3, 0.4) is 0 Å². The number of alkyl halides is 3. The Morgan fingerprint density at radius 3 is 2.42 bits per heavy atom. The zero-order chi connectivity index (χ0) is 33.9. The van der Waals surface area contributed by atoms with Crippen LogP contribution in [0.4, 0.5) is 13.2 Å². The number of rotatable bonds is 8. The molecule has 1 aromatic carbocycles. The number of ether oxygens (including phenoxy) is 1. The van der Waals surface area contributed by atoms with Gasteiger partial charge in [0.05, 0.1) is 36.8 Å². The summed E-state index contributed by atoms with van der Waals surface area (Å²) >= 11 is 0. The van der Waals surface area contributed by atoms with E-state index in [0.717, 1.165) is 35.9 Å². The second-order valence-electron chi connectivity index (χ2n) is 12.3. The summed E-state index contributed by atoms with van der Waals surface area (Å²) in [5.74, 6) is 1.16. The number of hydrogen-bond acceptors (Lipinski definition) is 8. The molecule has 0 bridgehead atoms. The van der Waals surface area contributed by atoms with Crippen LogP contribution in [0.1, 0.15) is 61.2 Å². The van der Waals surface area contributed by atoms with Gasteiger partial charge in [0.25, 0.3) is 5.56 Å². The third-order valence-electron chi connectivity index (χ3n) is 8.56. The molecule has 0 radical (unpaired) electrons. The number of halogens is 3. The maximum absolute atomic E-state index is 14.3. The lowest BCUT2D eigenvalue weighted by Gasteiger charge is -2.16. The summed E-state index contributed by atoms with van der Waals surface area (Å²) in [6.07, 6.45) is 3.30. The highest BCUT2D eigenvalue weighted by molar-refractivity contribution is 5.83. The van der Waals surface area contributed by atoms with Crippen LogP contribution >= 0.6 is 0 Å². The lowest BCUT2D eigenvalue weighted by molar-refractivity contribution is -0.140. The highest BCUT2D eigenvalue weighted by atomic mass is 19.4. The number of nitrogens with zero attached hydrogens (tertiary/aromatic N) is 9. The predicted molar refractivity (Wildman–Crippen MR) is 172 cm³/mol. The average Bonchev–Trinajstić information content (AvgIpc) is 3.71. The summed E-state index contributed by atoms with van der Waals surface area (Å²) < 4.78 is 50.9. The number of fused-ring (bicyclic) bond motifs is 1. The minimum atomic E-state index is -4.57. The molecule has 6 aromatic rings. The van der Waals surface area contributed by atoms with Crippen LogP contribution < -0.4 is 10.3 Å². The van der Waals surface area contributed by atoms with E-state index < -0.39 is 11.9 Å². The van der Waals surface area contributed by atoms with E-state index in [1.807, 2.05) is 6.92 Å². The molecule has 14 heteroatoms. The first-order valence-electron chi connectivity index (χ1n) is 15.5. The van der Waals surface area contributed by atoms with Crippen molar-refractivity contribution in [3.05, 3.63) is 88.1 Å². The molecular formula is C34H32F3N9O2. The van der Waals surface area contributed by atoms with E-state index in [4.69, 9.17) is 14.7 Å². The summed E-state index contributed by atoms with van der Waals surface area (Å²) in [7, 11) is 3.31. The quantitative estimate of drug-likeness (QED) is 0.186. The predicted octanol–water partition coefficient (Wildman–Crippen LogP) is 6.35. The Balaban J connectivity index is 1.37. The summed E-state index contributed by atoms with van der Waals surface area (Å²) in [5.41, 5.74) is 3.77. The van der Waals surface area contributed by atoms with Gasteiger partial charge in [-0.15, -0.1) is 0 Å². The van der Waals surface area contributed by atoms with Crippen LogP contribution in [-0.4, -0.2) is 50.9 Å². The number of aryl methyl sites for hydroxylation is 2. The molecule has 1 saturated carbocycles. The summed E-state index contributed by atoms with van der Waals surface area (Å²) in [5, 5.41) is 4.97. The molecule has 48 heavy (non-hydrogen) atoms. The molecule has 0 N–H and O–H groups in total. The van der Waals surface area contributed by atoms with Crippen LogP contribution in [0.5, 0.6) is 5.88 Å². The minimum Gasteiger partial charge on any atom is -0.480 e. The van der Waals surface area contributed by atoms with Crippen LogP contribution in [0, 0.1) is 6.92 Å². The molecule has 1 aliphatic rings. The molecule has 1 aliphatic carbocycles. The lowest BCUT2D eigenvalue weighted by atomic mass is 10.1. The number of pyridine rings is 1. The van der Waals surface area contributed by atoms with Gasteiger partial charge in [0.2, 0.25) is 5.88 Å². The average molecular weight is 656 g/mol. The molecule has 0 aliphatic heterocycles. The number of aromatic nitrogens is 9. The Kier molecular flexibility index (Phi) is 7.60. The van der Waals surface area contributed by atoms with Gasteiger partial charge in [-0.05, 0) is 50.8 Å². The minimum absolute atomic E-state index is 0.126. The molecule has 0 atom stereocenters. The third-order valence-corrected chi connectivity index (χ3v) is 8.56. The van der Waals surface area contributed by atoms with Crippen molar-refractivity contribution in [3.8, 4) is 39.9 Å². The van der Waals surface area contributed by atoms with Crippen LogP contribution in [-0.2, 0) is 19.8 Å². The molecule has 0 spiro atoms. The van der Waals surface area contributed by atoms with Gasteiger partial charge in [-0.2, -0.15) is 18.3 Å². The van der Waals surface area contributed by atoms with Gasteiger partial charge in [-0.3, -0.25) is 14.0 Å². The van der Waals surface area contributed by atoms with Crippen molar-refractivity contribution < 1.29 is 17.9 Å². The van der Waals surface area contributed by atoms with E-state index in [9.17, 15) is 18.0 Å². The zero-order valence-electron chi connectivity index (χ0n) is 26.9. The first kappa shape index (κ1) is 31.2. The SMILES string of the molecule is COc1ncnc(C2CC2)c1-c1ncc2cc(-c3c(C)cnn3C)c(=O)n(Cc3ccc(-c4nc(C(F)(F)F)cn4C(C)C)cc3)c2n1. The van der Waals surface area contributed by atoms with Crippen LogP contribution in [0.2, 0.25) is 0 Å². The monoisotopic (exact) mass is 655 g/mol. The second kappa shape index (κ2) is 11.7. The van der Waals surface area contributed by atoms with E-state index >= 15 is 0 Å². The van der Waals surface area contributed by atoms with Crippen LogP contribution in [0.25, 0.3) is 45.1 Å². The van der Waals surface area contributed by atoms with Crippen molar-refractivity contribution in [2.45, 2.75) is 58.3 Å². The van der Waals surface area contributed by atoms with E-state index in [2.05, 4.69) is 20.1 Å². The van der Waals surface area contributed by atoms with Gasteiger partial charge in [0.15, 0.2) is 11.5 Å². The van der Waals surface area contributed by atoms with Crippen molar-refractivity contribution in [2.75, 3.05) is 7.11 Å². The largest absolute Gasteiger partial charge is 0.480 e. The van der Waals surface area contributed by atoms with E-state index in [1.54, 1.807) is 72.9 Å². The number of hydrogen-bond donors (Lipinski definition) is 0. The van der Waals surface area contributed by atoms with Crippen molar-refractivity contribution in [3.63, 3.8) is 0 Å². The van der Waals surface area contributed by atoms with E-state index in [-0.39, 0.29) is 29.9 Å². The molecule has 5 aromatic heterocycles. The first-order valence-corrected chi connectivity index (χ1v) is 15.5. The van der Waals surface area contributed by atoms with Gasteiger partial charge < -0.3 is 9.30 Å². The topological polar surface area (TPSA) is 118 Å². The van der Waals surface area contributed by atoms with Crippen molar-refractivity contribution in [1.29, 1.82) is 0 Å². The van der Waals surface area contributed by atoms with Crippen molar-refractivity contribution >= 4 is 11.0 Å². The molecule has 1 fully saturated rings. The summed E-state index contributed by atoms with van der Waals surface area (Å²) in [6.45, 7) is 5.62. The van der Waals surface area contributed by atoms with Gasteiger partial charge in [-0.25, -0.2) is 24.9 Å². The second-order valence-corrected chi connectivity index (χ2v) is 12.3. The Hall–Kier alpha value is -5.40. The van der Waals surface area contributed by atoms with Gasteiger partial charge in [0.1, 0.15) is 23.4 Å². The summed E-state index contributed by atoms with van der Waals surface area (Å²) in [6, 6.07) is 8.53. The smallest absolute Gasteiger partial charge is 0.434 e. The maximum Gasteiger partial charge on any atom is 0.434 e. The Bertz CT molecular complexity index is 2210. The van der Waals surface area contributed by atoms with Crippen LogP contribution in [0.15, 0.2) is 60.0 Å². The normalized spacial score (nSPS) is 13.5. The molecule has 11 nitrogen and oxygen atoms in total. The molecule has 0 saturated heterocycles. The fourth-order valence-corrected chi connectivity index (χ4v) is 6.02.